The van der Waals surface area contributed by atoms with Crippen molar-refractivity contribution in [2.45, 2.75) is 25.9 Å². The van der Waals surface area contributed by atoms with Gasteiger partial charge < -0.3 is 9.42 Å². The fourth-order valence-electron chi connectivity index (χ4n) is 2.31. The summed E-state index contributed by atoms with van der Waals surface area (Å²) in [7, 11) is -3.25. The molecule has 0 amide bonds. The number of Topliss-reactive ketones (excluding diaryl/α,β-unsaturated/α-hetero) is 2. The molecule has 1 N–H and O–H groups in total. The van der Waals surface area contributed by atoms with Crippen molar-refractivity contribution in [1.82, 2.24) is 0 Å². The lowest BCUT2D eigenvalue weighted by Gasteiger charge is -2.15. The van der Waals surface area contributed by atoms with Crippen LogP contribution in [0.1, 0.15) is 39.1 Å². The Balaban J connectivity index is 2.07. The van der Waals surface area contributed by atoms with Crippen molar-refractivity contribution < 1.29 is 23.6 Å². The highest BCUT2D eigenvalue weighted by molar-refractivity contribution is 7.32. The lowest BCUT2D eigenvalue weighted by atomic mass is 9.99. The van der Waals surface area contributed by atoms with Crippen molar-refractivity contribution in [3.05, 3.63) is 71.3 Å². The maximum Gasteiger partial charge on any atom is 0.316 e. The number of rotatable bonds is 8. The van der Waals surface area contributed by atoms with E-state index in [2.05, 4.69) is 0 Å². The second-order valence-electron chi connectivity index (χ2n) is 5.49. The summed E-state index contributed by atoms with van der Waals surface area (Å²) in [5, 5.41) is 0. The second kappa shape index (κ2) is 8.69. The van der Waals surface area contributed by atoms with E-state index < -0.39 is 14.4 Å². The molecule has 126 valence electrons. The number of ketones is 2. The lowest BCUT2D eigenvalue weighted by Crippen LogP contribution is -2.19. The minimum Gasteiger partial charge on any atom is -0.326 e. The first kappa shape index (κ1) is 18.3. The highest BCUT2D eigenvalue weighted by Gasteiger charge is 2.21. The Morgan fingerprint density at radius 3 is 1.96 bits per heavy atom. The molecule has 0 radical (unpaired) electrons. The Morgan fingerprint density at radius 2 is 1.46 bits per heavy atom. The summed E-state index contributed by atoms with van der Waals surface area (Å²) >= 11 is 0. The van der Waals surface area contributed by atoms with E-state index in [0.717, 1.165) is 5.56 Å². The van der Waals surface area contributed by atoms with Crippen LogP contribution in [0.5, 0.6) is 0 Å². The quantitative estimate of drug-likeness (QED) is 0.583. The monoisotopic (exact) mass is 346 g/mol. The molecule has 2 unspecified atom stereocenters. The van der Waals surface area contributed by atoms with Crippen LogP contribution < -0.4 is 0 Å². The van der Waals surface area contributed by atoms with E-state index in [0.29, 0.717) is 11.1 Å². The van der Waals surface area contributed by atoms with Crippen LogP contribution in [0.15, 0.2) is 54.6 Å². The van der Waals surface area contributed by atoms with E-state index in [9.17, 15) is 14.2 Å². The number of hydrogen-bond donors (Lipinski definition) is 1. The molecule has 0 aromatic heterocycles. The van der Waals surface area contributed by atoms with Crippen LogP contribution in [0.2, 0.25) is 0 Å². The average Bonchev–Trinajstić information content (AvgIpc) is 2.55. The summed E-state index contributed by atoms with van der Waals surface area (Å²) in [6.07, 6.45) is -1.18. The standard InChI is InChI=1S/C18H19O5P/c1-13-7-9-15(10-8-13)18(20)12-16(23-24(21)22)11-17(19)14-5-3-2-4-6-14/h2-10,16,24H,11-12H2,1H3,(H,21,22). The van der Waals surface area contributed by atoms with Gasteiger partial charge in [0.1, 0.15) is 0 Å². The van der Waals surface area contributed by atoms with E-state index in [-0.39, 0.29) is 24.4 Å². The van der Waals surface area contributed by atoms with Crippen molar-refractivity contribution in [2.75, 3.05) is 0 Å². The predicted molar refractivity (Wildman–Crippen MR) is 91.6 cm³/mol. The number of carbonyl (C=O) groups is 2. The van der Waals surface area contributed by atoms with Gasteiger partial charge in [0.25, 0.3) is 0 Å². The molecular weight excluding hydrogens is 327 g/mol. The summed E-state index contributed by atoms with van der Waals surface area (Å²) in [4.78, 5) is 33.6. The van der Waals surface area contributed by atoms with Gasteiger partial charge in [-0.15, -0.1) is 0 Å². The largest absolute Gasteiger partial charge is 0.326 e. The Morgan fingerprint density at radius 1 is 0.958 bits per heavy atom. The van der Waals surface area contributed by atoms with Gasteiger partial charge in [-0.1, -0.05) is 60.2 Å². The molecule has 2 aromatic carbocycles. The molecule has 2 aromatic rings. The smallest absolute Gasteiger partial charge is 0.316 e. The zero-order chi connectivity index (χ0) is 17.5. The van der Waals surface area contributed by atoms with E-state index in [1.165, 1.54) is 0 Å². The van der Waals surface area contributed by atoms with E-state index >= 15 is 0 Å². The van der Waals surface area contributed by atoms with Gasteiger partial charge in [-0.2, -0.15) is 0 Å². The zero-order valence-electron chi connectivity index (χ0n) is 13.3. The van der Waals surface area contributed by atoms with Crippen LogP contribution in [0.25, 0.3) is 0 Å². The van der Waals surface area contributed by atoms with Gasteiger partial charge in [-0.05, 0) is 6.92 Å². The molecule has 0 bridgehead atoms. The van der Waals surface area contributed by atoms with Crippen molar-refractivity contribution in [1.29, 1.82) is 0 Å². The maximum atomic E-state index is 12.3. The third-order valence-electron chi connectivity index (χ3n) is 3.56. The molecule has 0 heterocycles. The molecule has 2 rings (SSSR count). The highest BCUT2D eigenvalue weighted by atomic mass is 31.1. The molecule has 5 nitrogen and oxygen atoms in total. The molecule has 0 spiro atoms. The number of carbonyl (C=O) groups excluding carboxylic acids is 2. The van der Waals surface area contributed by atoms with Gasteiger partial charge >= 0.3 is 8.25 Å². The molecule has 24 heavy (non-hydrogen) atoms. The minimum atomic E-state index is -3.25. The third-order valence-corrected chi connectivity index (χ3v) is 4.10. The SMILES string of the molecule is Cc1ccc(C(=O)CC(CC(=O)c2ccccc2)O[PH](=O)O)cc1. The van der Waals surface area contributed by atoms with Crippen molar-refractivity contribution >= 4 is 19.8 Å². The van der Waals surface area contributed by atoms with Gasteiger partial charge in [0.2, 0.25) is 0 Å². The predicted octanol–water partition coefficient (Wildman–Crippen LogP) is 3.61. The number of hydrogen-bond acceptors (Lipinski definition) is 4. The fourth-order valence-corrected chi connectivity index (χ4v) is 2.76. The van der Waals surface area contributed by atoms with Gasteiger partial charge in [-0.3, -0.25) is 14.2 Å². The number of aryl methyl sites for hydroxylation is 1. The Kier molecular flexibility index (Phi) is 6.62. The molecule has 6 heteroatoms. The average molecular weight is 346 g/mol. The highest BCUT2D eigenvalue weighted by Crippen LogP contribution is 2.24. The first-order chi connectivity index (χ1) is 11.5. The van der Waals surface area contributed by atoms with Crippen molar-refractivity contribution in [2.24, 2.45) is 0 Å². The van der Waals surface area contributed by atoms with Crippen molar-refractivity contribution in [3.63, 3.8) is 0 Å². The summed E-state index contributed by atoms with van der Waals surface area (Å²) in [5.41, 5.74) is 1.99. The first-order valence-electron chi connectivity index (χ1n) is 7.53. The summed E-state index contributed by atoms with van der Waals surface area (Å²) in [5.74, 6) is -0.468. The Bertz CT molecular complexity index is 725. The van der Waals surface area contributed by atoms with Gasteiger partial charge in [0.05, 0.1) is 6.10 Å². The van der Waals surface area contributed by atoms with Crippen LogP contribution >= 0.6 is 8.25 Å². The minimum absolute atomic E-state index is 0.126. The van der Waals surface area contributed by atoms with Crippen LogP contribution in [0.4, 0.5) is 0 Å². The normalized spacial score (nSPS) is 13.2. The van der Waals surface area contributed by atoms with Crippen LogP contribution in [-0.4, -0.2) is 22.6 Å². The second-order valence-corrected chi connectivity index (χ2v) is 6.26. The summed E-state index contributed by atoms with van der Waals surface area (Å²) < 4.78 is 15.9. The Hall–Kier alpha value is -2.07. The van der Waals surface area contributed by atoms with Gasteiger partial charge in [-0.25, -0.2) is 0 Å². The maximum absolute atomic E-state index is 12.3. The Labute approximate surface area is 141 Å². The summed E-state index contributed by atoms with van der Waals surface area (Å²) in [6, 6.07) is 15.6. The fraction of sp³-hybridized carbons (Fsp3) is 0.222. The van der Waals surface area contributed by atoms with E-state index in [4.69, 9.17) is 9.42 Å². The molecule has 0 saturated heterocycles. The van der Waals surface area contributed by atoms with Crippen LogP contribution in [0.3, 0.4) is 0 Å². The summed E-state index contributed by atoms with van der Waals surface area (Å²) in [6.45, 7) is 1.91. The first-order valence-corrected chi connectivity index (χ1v) is 8.80. The molecule has 0 aliphatic carbocycles. The molecule has 0 aliphatic heterocycles. The van der Waals surface area contributed by atoms with Crippen molar-refractivity contribution in [3.8, 4) is 0 Å². The number of benzene rings is 2. The van der Waals surface area contributed by atoms with E-state index in [1.54, 1.807) is 42.5 Å². The molecule has 0 aliphatic rings. The van der Waals surface area contributed by atoms with Crippen LogP contribution in [0, 0.1) is 6.92 Å². The lowest BCUT2D eigenvalue weighted by molar-refractivity contribution is 0.0831. The molecule has 0 saturated carbocycles. The van der Waals surface area contributed by atoms with Gasteiger partial charge in [0, 0.05) is 24.0 Å². The topological polar surface area (TPSA) is 80.7 Å². The van der Waals surface area contributed by atoms with Crippen LogP contribution in [-0.2, 0) is 9.09 Å². The van der Waals surface area contributed by atoms with E-state index in [1.807, 2.05) is 19.1 Å². The molecular formula is C18H19O5P. The van der Waals surface area contributed by atoms with Gasteiger partial charge in [0.15, 0.2) is 11.6 Å². The third kappa shape index (κ3) is 5.53. The zero-order valence-corrected chi connectivity index (χ0v) is 14.3. The molecule has 2 atom stereocenters. The molecule has 0 fully saturated rings.